The zero-order valence-electron chi connectivity index (χ0n) is 12.4. The summed E-state index contributed by atoms with van der Waals surface area (Å²) in [5.41, 5.74) is 1.05. The number of rotatable bonds is 3. The van der Waals surface area contributed by atoms with Crippen molar-refractivity contribution < 1.29 is 14.0 Å². The topological polar surface area (TPSA) is 49.4 Å². The molecule has 0 saturated carbocycles. The van der Waals surface area contributed by atoms with E-state index in [-0.39, 0.29) is 30.6 Å². The number of hydrogen-bond acceptors (Lipinski definition) is 2. The molecule has 7 heteroatoms. The van der Waals surface area contributed by atoms with Crippen molar-refractivity contribution in [1.82, 2.24) is 0 Å². The first-order valence-corrected chi connectivity index (χ1v) is 8.01. The first-order valence-electron chi connectivity index (χ1n) is 7.25. The van der Waals surface area contributed by atoms with Crippen molar-refractivity contribution in [2.24, 2.45) is 5.92 Å². The molecule has 4 nitrogen and oxygen atoms in total. The van der Waals surface area contributed by atoms with Crippen molar-refractivity contribution in [1.29, 1.82) is 0 Å². The lowest BCUT2D eigenvalue weighted by atomic mass is 10.1. The molecule has 1 aliphatic heterocycles. The minimum atomic E-state index is -0.500. The summed E-state index contributed by atoms with van der Waals surface area (Å²) in [6.45, 7) is 0.241. The van der Waals surface area contributed by atoms with Crippen molar-refractivity contribution in [3.8, 4) is 0 Å². The molecule has 2 aromatic rings. The van der Waals surface area contributed by atoms with Gasteiger partial charge in [0.25, 0.3) is 0 Å². The molecule has 24 heavy (non-hydrogen) atoms. The lowest BCUT2D eigenvalue weighted by Crippen LogP contribution is -2.28. The third-order valence-electron chi connectivity index (χ3n) is 3.76. The van der Waals surface area contributed by atoms with Crippen LogP contribution >= 0.6 is 23.2 Å². The molecule has 0 bridgehead atoms. The fourth-order valence-corrected chi connectivity index (χ4v) is 3.15. The average molecular weight is 367 g/mol. The highest BCUT2D eigenvalue weighted by atomic mass is 35.5. The van der Waals surface area contributed by atoms with Crippen LogP contribution in [0.3, 0.4) is 0 Å². The summed E-state index contributed by atoms with van der Waals surface area (Å²) in [4.78, 5) is 26.0. The zero-order valence-corrected chi connectivity index (χ0v) is 13.9. The van der Waals surface area contributed by atoms with Gasteiger partial charge in [-0.15, -0.1) is 0 Å². The number of hydrogen-bond donors (Lipinski definition) is 1. The minimum absolute atomic E-state index is 0.0947. The van der Waals surface area contributed by atoms with Crippen molar-refractivity contribution in [2.75, 3.05) is 16.8 Å². The maximum Gasteiger partial charge on any atom is 0.229 e. The van der Waals surface area contributed by atoms with E-state index in [0.717, 1.165) is 0 Å². The highest BCUT2D eigenvalue weighted by Crippen LogP contribution is 2.27. The summed E-state index contributed by atoms with van der Waals surface area (Å²) in [6.07, 6.45) is 0.0947. The maximum absolute atomic E-state index is 13.0. The Morgan fingerprint density at radius 2 is 1.75 bits per heavy atom. The molecule has 124 valence electrons. The highest BCUT2D eigenvalue weighted by Gasteiger charge is 2.35. The Hall–Kier alpha value is -2.11. The van der Waals surface area contributed by atoms with Crippen LogP contribution in [-0.4, -0.2) is 18.4 Å². The second-order valence-electron chi connectivity index (χ2n) is 5.53. The Kier molecular flexibility index (Phi) is 4.73. The van der Waals surface area contributed by atoms with Gasteiger partial charge in [-0.3, -0.25) is 9.59 Å². The van der Waals surface area contributed by atoms with Crippen molar-refractivity contribution in [3.63, 3.8) is 0 Å². The normalized spacial score (nSPS) is 17.2. The van der Waals surface area contributed by atoms with Gasteiger partial charge in [0.2, 0.25) is 11.8 Å². The van der Waals surface area contributed by atoms with Crippen LogP contribution in [0.4, 0.5) is 15.8 Å². The third-order valence-corrected chi connectivity index (χ3v) is 4.20. The molecule has 1 heterocycles. The quantitative estimate of drug-likeness (QED) is 0.887. The SMILES string of the molecule is O=C(Nc1cc(Cl)cc(Cl)c1)[C@H]1CC(=O)N(c2ccc(F)cc2)C1. The van der Waals surface area contributed by atoms with Gasteiger partial charge in [-0.1, -0.05) is 23.2 Å². The van der Waals surface area contributed by atoms with Gasteiger partial charge in [0.05, 0.1) is 5.92 Å². The van der Waals surface area contributed by atoms with E-state index in [1.54, 1.807) is 18.2 Å². The molecule has 1 aliphatic rings. The molecule has 1 atom stereocenters. The number of halogens is 3. The number of amides is 2. The average Bonchev–Trinajstić information content (AvgIpc) is 2.89. The summed E-state index contributed by atoms with van der Waals surface area (Å²) in [5, 5.41) is 3.54. The van der Waals surface area contributed by atoms with Crippen LogP contribution in [0, 0.1) is 11.7 Å². The van der Waals surface area contributed by atoms with E-state index >= 15 is 0 Å². The Balaban J connectivity index is 1.70. The predicted molar refractivity (Wildman–Crippen MR) is 92.0 cm³/mol. The lowest BCUT2D eigenvalue weighted by Gasteiger charge is -2.16. The molecule has 3 rings (SSSR count). The van der Waals surface area contributed by atoms with E-state index in [4.69, 9.17) is 23.2 Å². The van der Waals surface area contributed by atoms with Crippen LogP contribution in [-0.2, 0) is 9.59 Å². The van der Waals surface area contributed by atoms with Crippen LogP contribution < -0.4 is 10.2 Å². The highest BCUT2D eigenvalue weighted by molar-refractivity contribution is 6.35. The van der Waals surface area contributed by atoms with Gasteiger partial charge in [-0.2, -0.15) is 0 Å². The zero-order chi connectivity index (χ0) is 17.3. The van der Waals surface area contributed by atoms with Crippen LogP contribution in [0.5, 0.6) is 0 Å². The largest absolute Gasteiger partial charge is 0.326 e. The molecule has 0 radical (unpaired) electrons. The summed E-state index contributed by atoms with van der Waals surface area (Å²) in [7, 11) is 0. The summed E-state index contributed by atoms with van der Waals surface area (Å²) in [6, 6.07) is 10.3. The Bertz CT molecular complexity index is 775. The number of nitrogens with one attached hydrogen (secondary N) is 1. The Morgan fingerprint density at radius 3 is 2.38 bits per heavy atom. The molecule has 1 saturated heterocycles. The molecular formula is C17H13Cl2FN2O2. The smallest absolute Gasteiger partial charge is 0.229 e. The van der Waals surface area contributed by atoms with E-state index in [2.05, 4.69) is 5.32 Å². The standard InChI is InChI=1S/C17H13Cl2FN2O2/c18-11-6-12(19)8-14(7-11)21-17(24)10-5-16(23)22(9-10)15-3-1-13(20)2-4-15/h1-4,6-8,10H,5,9H2,(H,21,24)/t10-/m0/s1. The van der Waals surface area contributed by atoms with Gasteiger partial charge in [0.15, 0.2) is 0 Å². The Labute approximate surface area is 148 Å². The summed E-state index contributed by atoms with van der Waals surface area (Å²) < 4.78 is 13.0. The predicted octanol–water partition coefficient (Wildman–Crippen LogP) is 4.12. The maximum atomic E-state index is 13.0. The molecular weight excluding hydrogens is 354 g/mol. The van der Waals surface area contributed by atoms with Crippen molar-refractivity contribution in [2.45, 2.75) is 6.42 Å². The number of benzene rings is 2. The molecule has 0 spiro atoms. The number of anilines is 2. The van der Waals surface area contributed by atoms with E-state index in [1.807, 2.05) is 0 Å². The molecule has 1 fully saturated rings. The van der Waals surface area contributed by atoms with E-state index in [0.29, 0.717) is 21.4 Å². The number of carbonyl (C=O) groups excluding carboxylic acids is 2. The van der Waals surface area contributed by atoms with E-state index in [1.165, 1.54) is 29.2 Å². The number of carbonyl (C=O) groups is 2. The molecule has 1 N–H and O–H groups in total. The van der Waals surface area contributed by atoms with Crippen LogP contribution in [0.2, 0.25) is 10.0 Å². The second-order valence-corrected chi connectivity index (χ2v) is 6.40. The van der Waals surface area contributed by atoms with Gasteiger partial charge in [0, 0.05) is 34.4 Å². The second kappa shape index (κ2) is 6.79. The van der Waals surface area contributed by atoms with E-state index < -0.39 is 5.92 Å². The van der Waals surface area contributed by atoms with Gasteiger partial charge >= 0.3 is 0 Å². The first-order chi connectivity index (χ1) is 11.4. The van der Waals surface area contributed by atoms with Crippen LogP contribution in [0.15, 0.2) is 42.5 Å². The van der Waals surface area contributed by atoms with Gasteiger partial charge in [-0.25, -0.2) is 4.39 Å². The summed E-state index contributed by atoms with van der Waals surface area (Å²) >= 11 is 11.8. The fourth-order valence-electron chi connectivity index (χ4n) is 2.62. The fraction of sp³-hybridized carbons (Fsp3) is 0.176. The monoisotopic (exact) mass is 366 g/mol. The van der Waals surface area contributed by atoms with Crippen molar-refractivity contribution in [3.05, 3.63) is 58.3 Å². The first kappa shape index (κ1) is 16.7. The molecule has 0 aromatic heterocycles. The van der Waals surface area contributed by atoms with Crippen LogP contribution in [0.25, 0.3) is 0 Å². The molecule has 2 amide bonds. The molecule has 0 aliphatic carbocycles. The summed E-state index contributed by atoms with van der Waals surface area (Å²) in [5.74, 6) is -1.34. The Morgan fingerprint density at radius 1 is 1.12 bits per heavy atom. The molecule has 2 aromatic carbocycles. The van der Waals surface area contributed by atoms with Gasteiger partial charge in [0.1, 0.15) is 5.82 Å². The minimum Gasteiger partial charge on any atom is -0.326 e. The van der Waals surface area contributed by atoms with Crippen LogP contribution in [0.1, 0.15) is 6.42 Å². The molecule has 0 unspecified atom stereocenters. The van der Waals surface area contributed by atoms with Crippen molar-refractivity contribution >= 4 is 46.4 Å². The van der Waals surface area contributed by atoms with Gasteiger partial charge in [-0.05, 0) is 42.5 Å². The number of nitrogens with zero attached hydrogens (tertiary/aromatic N) is 1. The van der Waals surface area contributed by atoms with E-state index in [9.17, 15) is 14.0 Å². The van der Waals surface area contributed by atoms with Gasteiger partial charge < -0.3 is 10.2 Å². The lowest BCUT2D eigenvalue weighted by molar-refractivity contribution is -0.122. The third kappa shape index (κ3) is 3.68.